The highest BCUT2D eigenvalue weighted by atomic mass is 79.9. The summed E-state index contributed by atoms with van der Waals surface area (Å²) in [6.07, 6.45) is 2.44. The summed E-state index contributed by atoms with van der Waals surface area (Å²) in [5.74, 6) is 1.28. The van der Waals surface area contributed by atoms with E-state index in [4.69, 9.17) is 9.47 Å². The standard InChI is InChI=1S/C25H28BrN5O3/c1-30(2)13-11-27-23(32)21-15-28-25(31-12-10-18-14-19(26)6-9-22(18)31)29-24(21)34-16-17-4-7-20(33-3)8-5-17/h4-9,14-15H,10-13,16H2,1-3H3,(H,27,32). The Morgan fingerprint density at radius 1 is 1.21 bits per heavy atom. The van der Waals surface area contributed by atoms with Crippen molar-refractivity contribution in [1.82, 2.24) is 20.2 Å². The van der Waals surface area contributed by atoms with Crippen LogP contribution in [0.15, 0.2) is 53.1 Å². The summed E-state index contributed by atoms with van der Waals surface area (Å²) in [4.78, 5) is 26.1. The lowest BCUT2D eigenvalue weighted by Gasteiger charge is -2.19. The average molecular weight is 526 g/mol. The molecule has 0 bridgehead atoms. The number of aromatic nitrogens is 2. The highest BCUT2D eigenvalue weighted by Gasteiger charge is 2.25. The van der Waals surface area contributed by atoms with Gasteiger partial charge in [-0.2, -0.15) is 4.98 Å². The number of methoxy groups -OCH3 is 1. The molecule has 0 spiro atoms. The Hall–Kier alpha value is -3.17. The van der Waals surface area contributed by atoms with Gasteiger partial charge in [-0.3, -0.25) is 4.79 Å². The van der Waals surface area contributed by atoms with Gasteiger partial charge in [0.05, 0.1) is 7.11 Å². The van der Waals surface area contributed by atoms with Gasteiger partial charge in [0.2, 0.25) is 11.8 Å². The van der Waals surface area contributed by atoms with E-state index in [2.05, 4.69) is 48.2 Å². The Morgan fingerprint density at radius 3 is 2.74 bits per heavy atom. The first-order valence-corrected chi connectivity index (χ1v) is 11.9. The number of benzene rings is 2. The van der Waals surface area contributed by atoms with Gasteiger partial charge in [-0.15, -0.1) is 0 Å². The molecule has 1 aromatic heterocycles. The van der Waals surface area contributed by atoms with Gasteiger partial charge in [0, 0.05) is 36.0 Å². The first-order chi connectivity index (χ1) is 16.4. The molecule has 0 atom stereocenters. The summed E-state index contributed by atoms with van der Waals surface area (Å²) in [6.45, 7) is 2.27. The maximum atomic E-state index is 12.9. The lowest BCUT2D eigenvalue weighted by molar-refractivity contribution is 0.0945. The van der Waals surface area contributed by atoms with E-state index < -0.39 is 0 Å². The maximum absolute atomic E-state index is 12.9. The minimum Gasteiger partial charge on any atom is -0.497 e. The number of hydrogen-bond acceptors (Lipinski definition) is 7. The molecule has 0 aliphatic carbocycles. The molecule has 1 amide bonds. The van der Waals surface area contributed by atoms with E-state index in [1.807, 2.05) is 49.3 Å². The largest absolute Gasteiger partial charge is 0.497 e. The fourth-order valence-electron chi connectivity index (χ4n) is 3.69. The summed E-state index contributed by atoms with van der Waals surface area (Å²) >= 11 is 3.53. The third-order valence-electron chi connectivity index (χ3n) is 5.54. The van der Waals surface area contributed by atoms with Crippen LogP contribution in [0.2, 0.25) is 0 Å². The topological polar surface area (TPSA) is 79.8 Å². The number of amides is 1. The molecule has 0 fully saturated rings. The minimum atomic E-state index is -0.260. The second-order valence-electron chi connectivity index (χ2n) is 8.26. The molecular weight excluding hydrogens is 498 g/mol. The average Bonchev–Trinajstić information content (AvgIpc) is 3.25. The molecule has 1 N–H and O–H groups in total. The zero-order chi connectivity index (χ0) is 24.1. The Kier molecular flexibility index (Phi) is 7.64. The molecule has 9 heteroatoms. The first kappa shape index (κ1) is 24.0. The van der Waals surface area contributed by atoms with Crippen molar-refractivity contribution >= 4 is 33.5 Å². The highest BCUT2D eigenvalue weighted by Crippen LogP contribution is 2.35. The van der Waals surface area contributed by atoms with Crippen molar-refractivity contribution in [3.8, 4) is 11.6 Å². The molecule has 0 saturated heterocycles. The van der Waals surface area contributed by atoms with Crippen LogP contribution in [0.5, 0.6) is 11.6 Å². The number of nitrogens with one attached hydrogen (secondary N) is 1. The third-order valence-corrected chi connectivity index (χ3v) is 6.04. The molecule has 34 heavy (non-hydrogen) atoms. The molecule has 1 aliphatic heterocycles. The summed E-state index contributed by atoms with van der Waals surface area (Å²) < 4.78 is 12.3. The molecule has 0 radical (unpaired) electrons. The maximum Gasteiger partial charge on any atom is 0.258 e. The summed E-state index contributed by atoms with van der Waals surface area (Å²) in [7, 11) is 5.55. The molecule has 2 heterocycles. The number of nitrogens with zero attached hydrogens (tertiary/aromatic N) is 4. The van der Waals surface area contributed by atoms with Crippen LogP contribution in [0.25, 0.3) is 0 Å². The Labute approximate surface area is 208 Å². The second kappa shape index (κ2) is 10.8. The third kappa shape index (κ3) is 5.66. The lowest BCUT2D eigenvalue weighted by atomic mass is 10.2. The number of ether oxygens (including phenoxy) is 2. The van der Waals surface area contributed by atoms with Crippen LogP contribution in [-0.4, -0.2) is 61.6 Å². The van der Waals surface area contributed by atoms with Crippen molar-refractivity contribution < 1.29 is 14.3 Å². The molecular formula is C25H28BrN5O3. The van der Waals surface area contributed by atoms with Crippen LogP contribution < -0.4 is 19.7 Å². The van der Waals surface area contributed by atoms with E-state index in [0.29, 0.717) is 18.1 Å². The number of rotatable bonds is 9. The van der Waals surface area contributed by atoms with Crippen LogP contribution in [0, 0.1) is 0 Å². The van der Waals surface area contributed by atoms with Crippen molar-refractivity contribution in [2.75, 3.05) is 45.7 Å². The predicted molar refractivity (Wildman–Crippen MR) is 135 cm³/mol. The SMILES string of the molecule is COc1ccc(COc2nc(N3CCc4cc(Br)ccc43)ncc2C(=O)NCCN(C)C)cc1. The van der Waals surface area contributed by atoms with Gasteiger partial charge in [-0.25, -0.2) is 4.98 Å². The number of likely N-dealkylation sites (N-methyl/N-ethyl adjacent to an activating group) is 1. The zero-order valence-corrected chi connectivity index (χ0v) is 21.1. The smallest absolute Gasteiger partial charge is 0.258 e. The van der Waals surface area contributed by atoms with Crippen molar-refractivity contribution in [3.63, 3.8) is 0 Å². The van der Waals surface area contributed by atoms with Crippen LogP contribution >= 0.6 is 15.9 Å². The molecule has 178 valence electrons. The van der Waals surface area contributed by atoms with Crippen LogP contribution in [-0.2, 0) is 13.0 Å². The molecule has 8 nitrogen and oxygen atoms in total. The molecule has 1 aliphatic rings. The van der Waals surface area contributed by atoms with Gasteiger partial charge in [0.15, 0.2) is 0 Å². The predicted octanol–water partition coefficient (Wildman–Crippen LogP) is 3.81. The lowest BCUT2D eigenvalue weighted by Crippen LogP contribution is -2.32. The van der Waals surface area contributed by atoms with Crippen LogP contribution in [0.3, 0.4) is 0 Å². The van der Waals surface area contributed by atoms with Crippen molar-refractivity contribution in [1.29, 1.82) is 0 Å². The van der Waals surface area contributed by atoms with E-state index in [1.54, 1.807) is 13.3 Å². The minimum absolute atomic E-state index is 0.258. The van der Waals surface area contributed by atoms with Gasteiger partial charge in [-0.05, 0) is 62.0 Å². The number of hydrogen-bond donors (Lipinski definition) is 1. The normalized spacial score (nSPS) is 12.6. The number of carbonyl (C=O) groups excluding carboxylic acids is 1. The molecule has 0 unspecified atom stereocenters. The number of carbonyl (C=O) groups is 1. The fourth-order valence-corrected chi connectivity index (χ4v) is 4.10. The van der Waals surface area contributed by atoms with Crippen LogP contribution in [0.1, 0.15) is 21.5 Å². The summed E-state index contributed by atoms with van der Waals surface area (Å²) in [5, 5.41) is 2.92. The van der Waals surface area contributed by atoms with E-state index >= 15 is 0 Å². The fraction of sp³-hybridized carbons (Fsp3) is 0.320. The van der Waals surface area contributed by atoms with E-state index in [0.717, 1.165) is 41.0 Å². The summed E-state index contributed by atoms with van der Waals surface area (Å²) in [6, 6.07) is 13.8. The Balaban J connectivity index is 1.59. The number of anilines is 2. The van der Waals surface area contributed by atoms with E-state index in [-0.39, 0.29) is 18.4 Å². The molecule has 4 rings (SSSR count). The van der Waals surface area contributed by atoms with Gasteiger partial charge in [0.1, 0.15) is 17.9 Å². The van der Waals surface area contributed by atoms with Gasteiger partial charge in [0.25, 0.3) is 5.91 Å². The molecule has 0 saturated carbocycles. The van der Waals surface area contributed by atoms with Crippen molar-refractivity contribution in [2.45, 2.75) is 13.0 Å². The monoisotopic (exact) mass is 525 g/mol. The van der Waals surface area contributed by atoms with Gasteiger partial charge < -0.3 is 24.6 Å². The number of halogens is 1. The quantitative estimate of drug-likeness (QED) is 0.454. The Bertz CT molecular complexity index is 1150. The highest BCUT2D eigenvalue weighted by molar-refractivity contribution is 9.10. The molecule has 2 aromatic carbocycles. The van der Waals surface area contributed by atoms with E-state index in [9.17, 15) is 4.79 Å². The zero-order valence-electron chi connectivity index (χ0n) is 19.5. The molecule has 3 aromatic rings. The van der Waals surface area contributed by atoms with E-state index in [1.165, 1.54) is 5.56 Å². The van der Waals surface area contributed by atoms with Gasteiger partial charge >= 0.3 is 0 Å². The summed E-state index contributed by atoms with van der Waals surface area (Å²) in [5.41, 5.74) is 3.54. The number of fused-ring (bicyclic) bond motifs is 1. The van der Waals surface area contributed by atoms with Crippen molar-refractivity contribution in [2.24, 2.45) is 0 Å². The van der Waals surface area contributed by atoms with Crippen LogP contribution in [0.4, 0.5) is 11.6 Å². The van der Waals surface area contributed by atoms with Gasteiger partial charge in [-0.1, -0.05) is 28.1 Å². The first-order valence-electron chi connectivity index (χ1n) is 11.1. The second-order valence-corrected chi connectivity index (χ2v) is 9.18. The van der Waals surface area contributed by atoms with Crippen molar-refractivity contribution in [3.05, 3.63) is 69.8 Å². The Morgan fingerprint density at radius 2 is 2.00 bits per heavy atom.